The van der Waals surface area contributed by atoms with Crippen LogP contribution in [0.4, 0.5) is 0 Å². The Morgan fingerprint density at radius 2 is 1.47 bits per heavy atom. The van der Waals surface area contributed by atoms with Crippen molar-refractivity contribution in [1.29, 1.82) is 0 Å². The van der Waals surface area contributed by atoms with Gasteiger partial charge >= 0.3 is 0 Å². The van der Waals surface area contributed by atoms with Crippen LogP contribution in [0.25, 0.3) is 0 Å². The highest BCUT2D eigenvalue weighted by Crippen LogP contribution is 2.46. The second-order valence-electron chi connectivity index (χ2n) is 8.69. The fraction of sp³-hybridized carbons (Fsp3) is 0.296. The molecule has 2 aliphatic rings. The zero-order chi connectivity index (χ0) is 21.8. The number of ether oxygens (including phenoxy) is 1. The first-order valence-electron chi connectivity index (χ1n) is 11.3. The maximum Gasteiger partial charge on any atom is 0.242 e. The molecular formula is C27H29N3O2. The predicted octanol–water partition coefficient (Wildman–Crippen LogP) is 4.36. The normalized spacial score (nSPS) is 21.4. The lowest BCUT2D eigenvalue weighted by Gasteiger charge is -2.43. The van der Waals surface area contributed by atoms with Crippen LogP contribution in [0.15, 0.2) is 91.0 Å². The maximum absolute atomic E-state index is 13.0. The summed E-state index contributed by atoms with van der Waals surface area (Å²) in [5, 5.41) is 0. The van der Waals surface area contributed by atoms with E-state index in [1.807, 2.05) is 42.5 Å². The molecule has 0 saturated carbocycles. The molecule has 2 atom stereocenters. The van der Waals surface area contributed by atoms with Crippen LogP contribution in [0.3, 0.4) is 0 Å². The Labute approximate surface area is 189 Å². The van der Waals surface area contributed by atoms with Gasteiger partial charge in [0.25, 0.3) is 0 Å². The number of hydrogen-bond donors (Lipinski definition) is 2. The van der Waals surface area contributed by atoms with Gasteiger partial charge < -0.3 is 4.74 Å². The molecule has 1 amide bonds. The largest absolute Gasteiger partial charge is 0.354 e. The third kappa shape index (κ3) is 4.07. The van der Waals surface area contributed by atoms with Crippen LogP contribution in [-0.2, 0) is 16.1 Å². The van der Waals surface area contributed by atoms with Crippen molar-refractivity contribution in [2.24, 2.45) is 5.41 Å². The first-order valence-corrected chi connectivity index (χ1v) is 11.3. The van der Waals surface area contributed by atoms with Crippen molar-refractivity contribution in [3.05, 3.63) is 108 Å². The zero-order valence-electron chi connectivity index (χ0n) is 18.1. The van der Waals surface area contributed by atoms with Crippen molar-refractivity contribution in [1.82, 2.24) is 15.8 Å². The van der Waals surface area contributed by atoms with E-state index in [9.17, 15) is 4.79 Å². The second kappa shape index (κ2) is 9.25. The van der Waals surface area contributed by atoms with Gasteiger partial charge in [-0.15, -0.1) is 0 Å². The fourth-order valence-electron chi connectivity index (χ4n) is 5.03. The molecule has 2 heterocycles. The van der Waals surface area contributed by atoms with Gasteiger partial charge in [0.1, 0.15) is 6.23 Å². The summed E-state index contributed by atoms with van der Waals surface area (Å²) in [5.41, 5.74) is 9.19. The van der Waals surface area contributed by atoms with Gasteiger partial charge in [-0.3, -0.25) is 15.1 Å². The summed E-state index contributed by atoms with van der Waals surface area (Å²) in [5.74, 6) is 0.104. The smallest absolute Gasteiger partial charge is 0.242 e. The quantitative estimate of drug-likeness (QED) is 0.614. The molecule has 0 radical (unpaired) electrons. The van der Waals surface area contributed by atoms with Crippen molar-refractivity contribution in [3.8, 4) is 0 Å². The lowest BCUT2D eigenvalue weighted by molar-refractivity contribution is -0.135. The Balaban J connectivity index is 1.34. The minimum absolute atomic E-state index is 0.0150. The summed E-state index contributed by atoms with van der Waals surface area (Å²) >= 11 is 0. The van der Waals surface area contributed by atoms with Gasteiger partial charge in [-0.1, -0.05) is 91.0 Å². The Kier molecular flexibility index (Phi) is 6.04. The van der Waals surface area contributed by atoms with Gasteiger partial charge in [-0.05, 0) is 29.5 Å². The summed E-state index contributed by atoms with van der Waals surface area (Å²) in [4.78, 5) is 15.3. The highest BCUT2D eigenvalue weighted by atomic mass is 16.5. The second-order valence-corrected chi connectivity index (χ2v) is 8.69. The van der Waals surface area contributed by atoms with E-state index in [2.05, 4.69) is 64.3 Å². The Bertz CT molecular complexity index is 1020. The first kappa shape index (κ1) is 20.9. The molecule has 5 heteroatoms. The Hall–Kier alpha value is -2.99. The minimum Gasteiger partial charge on any atom is -0.354 e. The van der Waals surface area contributed by atoms with Crippen LogP contribution in [0.2, 0.25) is 0 Å². The predicted molar refractivity (Wildman–Crippen MR) is 124 cm³/mol. The fourth-order valence-corrected chi connectivity index (χ4v) is 5.03. The molecule has 164 valence electrons. The van der Waals surface area contributed by atoms with Crippen LogP contribution in [0, 0.1) is 5.41 Å². The average molecular weight is 428 g/mol. The van der Waals surface area contributed by atoms with E-state index in [0.29, 0.717) is 6.61 Å². The Morgan fingerprint density at radius 1 is 0.875 bits per heavy atom. The molecule has 5 rings (SSSR count). The van der Waals surface area contributed by atoms with E-state index in [1.165, 1.54) is 0 Å². The molecule has 32 heavy (non-hydrogen) atoms. The van der Waals surface area contributed by atoms with E-state index in [-0.39, 0.29) is 18.2 Å². The van der Waals surface area contributed by atoms with Crippen LogP contribution in [0.1, 0.15) is 41.8 Å². The number of carbonyl (C=O) groups excluding carboxylic acids is 1. The summed E-state index contributed by atoms with van der Waals surface area (Å²) in [7, 11) is 0. The van der Waals surface area contributed by atoms with Crippen molar-refractivity contribution in [2.45, 2.75) is 31.7 Å². The van der Waals surface area contributed by atoms with Crippen LogP contribution in [-0.4, -0.2) is 23.9 Å². The zero-order valence-corrected chi connectivity index (χ0v) is 18.1. The molecule has 5 nitrogen and oxygen atoms in total. The number of amides is 1. The highest BCUT2D eigenvalue weighted by Gasteiger charge is 2.52. The van der Waals surface area contributed by atoms with E-state index < -0.39 is 5.41 Å². The molecule has 0 aromatic heterocycles. The Morgan fingerprint density at radius 3 is 2.12 bits per heavy atom. The highest BCUT2D eigenvalue weighted by molar-refractivity contribution is 5.85. The number of nitrogens with one attached hydrogen (secondary N) is 2. The van der Waals surface area contributed by atoms with Gasteiger partial charge in [0, 0.05) is 13.1 Å². The third-order valence-electron chi connectivity index (χ3n) is 6.83. The summed E-state index contributed by atoms with van der Waals surface area (Å²) < 4.78 is 6.45. The standard InChI is InChI=1S/C27H29N3O2/c31-26-27(24(28-29-26)22-12-6-2-7-13-22)16-18-30(19-17-27)25(23-14-8-3-9-15-23)32-20-21-10-4-1-5-11-21/h1-15,24-25,28H,16-20H2,(H,29,31). The number of rotatable bonds is 6. The summed E-state index contributed by atoms with van der Waals surface area (Å²) in [6.07, 6.45) is 1.42. The number of piperidine rings is 1. The number of nitrogens with zero attached hydrogens (tertiary/aromatic N) is 1. The molecule has 2 saturated heterocycles. The minimum atomic E-state index is -0.432. The molecule has 3 aromatic carbocycles. The van der Waals surface area contributed by atoms with Gasteiger partial charge in [0.2, 0.25) is 5.91 Å². The number of hydrogen-bond acceptors (Lipinski definition) is 4. The van der Waals surface area contributed by atoms with Gasteiger partial charge in [-0.2, -0.15) is 0 Å². The lowest BCUT2D eigenvalue weighted by atomic mass is 9.70. The number of benzene rings is 3. The van der Waals surface area contributed by atoms with Crippen molar-refractivity contribution in [2.75, 3.05) is 13.1 Å². The monoisotopic (exact) mass is 427 g/mol. The van der Waals surface area contributed by atoms with Gasteiger partial charge in [0.05, 0.1) is 18.1 Å². The number of hydrazine groups is 1. The summed E-state index contributed by atoms with van der Waals surface area (Å²) in [6, 6.07) is 30.9. The molecule has 3 aromatic rings. The van der Waals surface area contributed by atoms with Gasteiger partial charge in [0.15, 0.2) is 0 Å². The molecule has 2 aliphatic heterocycles. The van der Waals surface area contributed by atoms with Gasteiger partial charge in [-0.25, -0.2) is 5.43 Å². The SMILES string of the molecule is O=C1NNC(c2ccccc2)C12CCN(C(OCc1ccccc1)c1ccccc1)CC2. The molecule has 0 bridgehead atoms. The van der Waals surface area contributed by atoms with Crippen LogP contribution < -0.4 is 10.9 Å². The molecule has 0 aliphatic carbocycles. The van der Waals surface area contributed by atoms with Crippen LogP contribution in [0.5, 0.6) is 0 Å². The molecule has 2 N–H and O–H groups in total. The number of likely N-dealkylation sites (tertiary alicyclic amines) is 1. The topological polar surface area (TPSA) is 53.6 Å². The molecular weight excluding hydrogens is 398 g/mol. The maximum atomic E-state index is 13.0. The van der Waals surface area contributed by atoms with E-state index in [4.69, 9.17) is 4.74 Å². The van der Waals surface area contributed by atoms with Crippen LogP contribution >= 0.6 is 0 Å². The summed E-state index contributed by atoms with van der Waals surface area (Å²) in [6.45, 7) is 2.15. The average Bonchev–Trinajstić information content (AvgIpc) is 3.17. The van der Waals surface area contributed by atoms with E-state index >= 15 is 0 Å². The first-order chi connectivity index (χ1) is 15.8. The molecule has 1 spiro atoms. The van der Waals surface area contributed by atoms with Crippen molar-refractivity contribution in [3.63, 3.8) is 0 Å². The van der Waals surface area contributed by atoms with E-state index in [1.54, 1.807) is 0 Å². The third-order valence-corrected chi connectivity index (χ3v) is 6.83. The molecule has 2 fully saturated rings. The van der Waals surface area contributed by atoms with Crippen molar-refractivity contribution >= 4 is 5.91 Å². The number of carbonyl (C=O) groups is 1. The lowest BCUT2D eigenvalue weighted by Crippen LogP contribution is -2.47. The van der Waals surface area contributed by atoms with E-state index in [0.717, 1.165) is 42.6 Å². The van der Waals surface area contributed by atoms with Crippen molar-refractivity contribution < 1.29 is 9.53 Å². The molecule has 2 unspecified atom stereocenters.